The summed E-state index contributed by atoms with van der Waals surface area (Å²) in [5.41, 5.74) is 1.97. The number of benzene rings is 1. The first-order valence-corrected chi connectivity index (χ1v) is 10.1. The molecule has 0 saturated heterocycles. The summed E-state index contributed by atoms with van der Waals surface area (Å²) < 4.78 is 10.4. The first kappa shape index (κ1) is 19.1. The molecule has 0 aliphatic heterocycles. The molecule has 2 heterocycles. The van der Waals surface area contributed by atoms with E-state index < -0.39 is 5.97 Å². The molecule has 1 amide bonds. The topological polar surface area (TPSA) is 64.6 Å². The highest BCUT2D eigenvalue weighted by Gasteiger charge is 2.23. The van der Waals surface area contributed by atoms with Crippen LogP contribution in [0.15, 0.2) is 47.2 Å². The van der Waals surface area contributed by atoms with Crippen molar-refractivity contribution < 1.29 is 19.1 Å². The summed E-state index contributed by atoms with van der Waals surface area (Å²) in [6.45, 7) is 2.02. The van der Waals surface area contributed by atoms with Gasteiger partial charge in [0.05, 0.1) is 20.1 Å². The minimum Gasteiger partial charge on any atom is -0.497 e. The van der Waals surface area contributed by atoms with E-state index in [-0.39, 0.29) is 18.9 Å². The van der Waals surface area contributed by atoms with Crippen LogP contribution in [-0.4, -0.2) is 25.6 Å². The molecule has 0 atom stereocenters. The Labute approximate surface area is 165 Å². The van der Waals surface area contributed by atoms with Crippen molar-refractivity contribution in [2.75, 3.05) is 19.0 Å². The van der Waals surface area contributed by atoms with Gasteiger partial charge in [-0.05, 0) is 36.1 Å². The second-order valence-electron chi connectivity index (χ2n) is 5.61. The van der Waals surface area contributed by atoms with Gasteiger partial charge in [0.15, 0.2) is 0 Å². The van der Waals surface area contributed by atoms with Crippen LogP contribution in [0.5, 0.6) is 5.75 Å². The zero-order chi connectivity index (χ0) is 19.2. The molecule has 7 heteroatoms. The molecule has 3 aromatic rings. The molecule has 0 spiro atoms. The Morgan fingerprint density at radius 3 is 2.52 bits per heavy atom. The van der Waals surface area contributed by atoms with Crippen LogP contribution in [0.25, 0.3) is 11.1 Å². The maximum Gasteiger partial charge on any atom is 0.341 e. The summed E-state index contributed by atoms with van der Waals surface area (Å²) in [6, 6.07) is 11.2. The molecule has 1 N–H and O–H groups in total. The lowest BCUT2D eigenvalue weighted by atomic mass is 10.0. The van der Waals surface area contributed by atoms with Crippen LogP contribution in [0.3, 0.4) is 0 Å². The quantitative estimate of drug-likeness (QED) is 0.575. The standard InChI is InChI=1S/C20H19NO4S2/c1-3-25-20(23)18-16(13-6-8-14(24-2)9-7-13)12-27-19(18)21-17(22)11-15-5-4-10-26-15/h4-10,12H,3,11H2,1-2H3,(H,21,22). The number of carbonyl (C=O) groups is 2. The Kier molecular flexibility index (Phi) is 6.26. The molecule has 27 heavy (non-hydrogen) atoms. The highest BCUT2D eigenvalue weighted by Crippen LogP contribution is 2.37. The zero-order valence-corrected chi connectivity index (χ0v) is 16.6. The van der Waals surface area contributed by atoms with Crippen LogP contribution in [0.1, 0.15) is 22.2 Å². The molecule has 5 nitrogen and oxygen atoms in total. The van der Waals surface area contributed by atoms with Crippen molar-refractivity contribution in [1.29, 1.82) is 0 Å². The molecular formula is C20H19NO4S2. The number of esters is 1. The van der Waals surface area contributed by atoms with Crippen LogP contribution >= 0.6 is 22.7 Å². The molecule has 0 radical (unpaired) electrons. The Morgan fingerprint density at radius 1 is 1.11 bits per heavy atom. The van der Waals surface area contributed by atoms with Crippen LogP contribution in [0, 0.1) is 0 Å². The van der Waals surface area contributed by atoms with Gasteiger partial charge >= 0.3 is 5.97 Å². The van der Waals surface area contributed by atoms with Crippen LogP contribution < -0.4 is 10.1 Å². The molecule has 140 valence electrons. The van der Waals surface area contributed by atoms with Gasteiger partial charge in [0.25, 0.3) is 0 Å². The maximum absolute atomic E-state index is 12.6. The van der Waals surface area contributed by atoms with Crippen LogP contribution in [-0.2, 0) is 16.0 Å². The number of hydrogen-bond donors (Lipinski definition) is 1. The van der Waals surface area contributed by atoms with Crippen LogP contribution in [0.4, 0.5) is 5.00 Å². The Hall–Kier alpha value is -2.64. The van der Waals surface area contributed by atoms with E-state index in [1.807, 2.05) is 47.2 Å². The molecule has 0 saturated carbocycles. The van der Waals surface area contributed by atoms with Crippen molar-refractivity contribution in [2.24, 2.45) is 0 Å². The SMILES string of the molecule is CCOC(=O)c1c(-c2ccc(OC)cc2)csc1NC(=O)Cc1cccs1. The summed E-state index contributed by atoms with van der Waals surface area (Å²) >= 11 is 2.84. The number of hydrogen-bond acceptors (Lipinski definition) is 6. The lowest BCUT2D eigenvalue weighted by molar-refractivity contribution is -0.115. The van der Waals surface area contributed by atoms with Gasteiger partial charge in [-0.2, -0.15) is 0 Å². The second-order valence-corrected chi connectivity index (χ2v) is 7.52. The molecule has 0 unspecified atom stereocenters. The van der Waals surface area contributed by atoms with Gasteiger partial charge in [-0.1, -0.05) is 18.2 Å². The van der Waals surface area contributed by atoms with E-state index in [2.05, 4.69) is 5.32 Å². The Bertz CT molecular complexity index is 914. The van der Waals surface area contributed by atoms with Crippen molar-refractivity contribution in [1.82, 2.24) is 0 Å². The third kappa shape index (κ3) is 4.56. The van der Waals surface area contributed by atoms with Crippen LogP contribution in [0.2, 0.25) is 0 Å². The van der Waals surface area contributed by atoms with Gasteiger partial charge in [-0.15, -0.1) is 22.7 Å². The summed E-state index contributed by atoms with van der Waals surface area (Å²) in [5.74, 6) is 0.123. The number of methoxy groups -OCH3 is 1. The molecular weight excluding hydrogens is 382 g/mol. The number of amides is 1. The predicted octanol–water partition coefficient (Wildman–Crippen LogP) is 4.84. The highest BCUT2D eigenvalue weighted by atomic mass is 32.1. The fourth-order valence-electron chi connectivity index (χ4n) is 2.58. The number of carbonyl (C=O) groups excluding carboxylic acids is 2. The van der Waals surface area contributed by atoms with E-state index in [0.29, 0.717) is 10.6 Å². The van der Waals surface area contributed by atoms with Gasteiger partial charge in [-0.3, -0.25) is 4.79 Å². The van der Waals surface area contributed by atoms with Gasteiger partial charge in [-0.25, -0.2) is 4.79 Å². The Morgan fingerprint density at radius 2 is 1.89 bits per heavy atom. The van der Waals surface area contributed by atoms with Crippen molar-refractivity contribution in [3.63, 3.8) is 0 Å². The summed E-state index contributed by atoms with van der Waals surface area (Å²) in [4.78, 5) is 25.9. The normalized spacial score (nSPS) is 10.4. The number of ether oxygens (including phenoxy) is 2. The molecule has 0 fully saturated rings. The summed E-state index contributed by atoms with van der Waals surface area (Å²) in [6.07, 6.45) is 0.274. The lowest BCUT2D eigenvalue weighted by Crippen LogP contribution is -2.16. The number of thiophene rings is 2. The number of nitrogens with one attached hydrogen (secondary N) is 1. The van der Waals surface area contributed by atoms with Gasteiger partial charge in [0, 0.05) is 15.8 Å². The smallest absolute Gasteiger partial charge is 0.341 e. The molecule has 2 aromatic heterocycles. The van der Waals surface area contributed by atoms with E-state index >= 15 is 0 Å². The van der Waals surface area contributed by atoms with E-state index in [9.17, 15) is 9.59 Å². The largest absolute Gasteiger partial charge is 0.497 e. The van der Waals surface area contributed by atoms with Crippen molar-refractivity contribution in [2.45, 2.75) is 13.3 Å². The van der Waals surface area contributed by atoms with E-state index in [4.69, 9.17) is 9.47 Å². The average Bonchev–Trinajstić information content (AvgIpc) is 3.32. The zero-order valence-electron chi connectivity index (χ0n) is 15.0. The maximum atomic E-state index is 12.6. The fourth-order valence-corrected chi connectivity index (χ4v) is 4.26. The van der Waals surface area contributed by atoms with E-state index in [0.717, 1.165) is 21.8 Å². The average molecular weight is 402 g/mol. The van der Waals surface area contributed by atoms with Gasteiger partial charge in [0.2, 0.25) is 5.91 Å². The minimum absolute atomic E-state index is 0.161. The molecule has 3 rings (SSSR count). The second kappa shape index (κ2) is 8.83. The first-order valence-electron chi connectivity index (χ1n) is 8.37. The molecule has 1 aromatic carbocycles. The highest BCUT2D eigenvalue weighted by molar-refractivity contribution is 7.15. The third-order valence-electron chi connectivity index (χ3n) is 3.84. The number of rotatable bonds is 7. The Balaban J connectivity index is 1.90. The summed E-state index contributed by atoms with van der Waals surface area (Å²) in [7, 11) is 1.60. The minimum atomic E-state index is -0.448. The summed E-state index contributed by atoms with van der Waals surface area (Å²) in [5, 5.41) is 7.15. The van der Waals surface area contributed by atoms with Gasteiger partial charge < -0.3 is 14.8 Å². The monoisotopic (exact) mass is 401 g/mol. The molecule has 0 aliphatic carbocycles. The van der Waals surface area contributed by atoms with E-state index in [1.165, 1.54) is 22.7 Å². The first-order chi connectivity index (χ1) is 13.1. The van der Waals surface area contributed by atoms with Crippen molar-refractivity contribution in [3.8, 4) is 16.9 Å². The number of anilines is 1. The van der Waals surface area contributed by atoms with E-state index in [1.54, 1.807) is 14.0 Å². The molecule has 0 aliphatic rings. The van der Waals surface area contributed by atoms with Gasteiger partial charge in [0.1, 0.15) is 16.3 Å². The predicted molar refractivity (Wildman–Crippen MR) is 109 cm³/mol. The molecule has 0 bridgehead atoms. The fraction of sp³-hybridized carbons (Fsp3) is 0.200. The third-order valence-corrected chi connectivity index (χ3v) is 5.61. The van der Waals surface area contributed by atoms with Crippen molar-refractivity contribution >= 4 is 39.6 Å². The van der Waals surface area contributed by atoms with Crippen molar-refractivity contribution in [3.05, 3.63) is 57.6 Å². The lowest BCUT2D eigenvalue weighted by Gasteiger charge is -2.09.